The average molecular weight is 273 g/mol. The highest BCUT2D eigenvalue weighted by molar-refractivity contribution is 9.10. The predicted octanol–water partition coefficient (Wildman–Crippen LogP) is 2.87. The van der Waals surface area contributed by atoms with Crippen molar-refractivity contribution in [2.45, 2.75) is 13.5 Å². The highest BCUT2D eigenvalue weighted by atomic mass is 79.9. The molecule has 0 amide bonds. The molecule has 0 saturated heterocycles. The third-order valence-corrected chi connectivity index (χ3v) is 3.15. The number of hydrogen-bond acceptors (Lipinski definition) is 4. The van der Waals surface area contributed by atoms with E-state index in [0.717, 1.165) is 22.0 Å². The molecular formula is C8H9BrN4S. The molecule has 0 radical (unpaired) electrons. The summed E-state index contributed by atoms with van der Waals surface area (Å²) in [6.45, 7) is 2.93. The molecule has 2 aromatic rings. The molecule has 0 unspecified atom stereocenters. The number of nitrogens with one attached hydrogen (secondary N) is 1. The van der Waals surface area contributed by atoms with Gasteiger partial charge in [0.2, 0.25) is 0 Å². The normalized spacial score (nSPS) is 10.4. The minimum Gasteiger partial charge on any atom is -0.329 e. The largest absolute Gasteiger partial charge is 0.329 e. The van der Waals surface area contributed by atoms with Crippen molar-refractivity contribution >= 4 is 38.1 Å². The quantitative estimate of drug-likeness (QED) is 0.935. The molecule has 2 rings (SSSR count). The average Bonchev–Trinajstić information content (AvgIpc) is 2.76. The predicted molar refractivity (Wildman–Crippen MR) is 61.0 cm³/mol. The van der Waals surface area contributed by atoms with Crippen molar-refractivity contribution in [2.75, 3.05) is 5.32 Å². The number of halogens is 1. The second-order valence-corrected chi connectivity index (χ2v) is 4.36. The Balaban J connectivity index is 2.10. The number of thiazole rings is 1. The fourth-order valence-electron chi connectivity index (χ4n) is 1.04. The van der Waals surface area contributed by atoms with Gasteiger partial charge in [0, 0.05) is 18.1 Å². The molecule has 0 spiro atoms. The van der Waals surface area contributed by atoms with E-state index in [1.165, 1.54) is 0 Å². The van der Waals surface area contributed by atoms with E-state index in [-0.39, 0.29) is 0 Å². The summed E-state index contributed by atoms with van der Waals surface area (Å²) in [5.74, 6) is 0. The van der Waals surface area contributed by atoms with Gasteiger partial charge in [-0.25, -0.2) is 4.98 Å². The van der Waals surface area contributed by atoms with E-state index in [1.807, 2.05) is 16.3 Å². The molecule has 0 aromatic carbocycles. The van der Waals surface area contributed by atoms with E-state index in [1.54, 1.807) is 17.5 Å². The lowest BCUT2D eigenvalue weighted by Gasteiger charge is -1.95. The maximum atomic E-state index is 4.23. The van der Waals surface area contributed by atoms with E-state index in [9.17, 15) is 0 Å². The Morgan fingerprint density at radius 3 is 3.07 bits per heavy atom. The van der Waals surface area contributed by atoms with Gasteiger partial charge in [0.05, 0.1) is 11.9 Å². The SMILES string of the molecule is CCn1cc(Nc2nc(Br)cs2)cn1. The van der Waals surface area contributed by atoms with Crippen molar-refractivity contribution in [3.05, 3.63) is 22.4 Å². The molecule has 6 heteroatoms. The van der Waals surface area contributed by atoms with Gasteiger partial charge in [-0.1, -0.05) is 0 Å². The molecular weight excluding hydrogens is 264 g/mol. The fourth-order valence-corrected chi connectivity index (χ4v) is 2.20. The van der Waals surface area contributed by atoms with E-state index >= 15 is 0 Å². The van der Waals surface area contributed by atoms with Crippen molar-refractivity contribution < 1.29 is 0 Å². The molecule has 1 N–H and O–H groups in total. The van der Waals surface area contributed by atoms with Crippen molar-refractivity contribution in [3.8, 4) is 0 Å². The monoisotopic (exact) mass is 272 g/mol. The van der Waals surface area contributed by atoms with Crippen LogP contribution in [0.25, 0.3) is 0 Å². The number of nitrogens with zero attached hydrogens (tertiary/aromatic N) is 3. The Morgan fingerprint density at radius 2 is 2.50 bits per heavy atom. The van der Waals surface area contributed by atoms with Crippen LogP contribution >= 0.6 is 27.3 Å². The first-order valence-electron chi connectivity index (χ1n) is 4.18. The van der Waals surface area contributed by atoms with Crippen LogP contribution in [0.3, 0.4) is 0 Å². The van der Waals surface area contributed by atoms with Crippen LogP contribution < -0.4 is 5.32 Å². The van der Waals surface area contributed by atoms with E-state index in [2.05, 4.69) is 38.3 Å². The van der Waals surface area contributed by atoms with Crippen molar-refractivity contribution in [1.82, 2.24) is 14.8 Å². The molecule has 2 heterocycles. The molecule has 0 aliphatic carbocycles. The summed E-state index contributed by atoms with van der Waals surface area (Å²) in [6.07, 6.45) is 3.74. The Bertz CT molecular complexity index is 422. The van der Waals surface area contributed by atoms with Gasteiger partial charge in [0.1, 0.15) is 4.60 Å². The third-order valence-electron chi connectivity index (χ3n) is 1.68. The molecule has 0 atom stereocenters. The van der Waals surface area contributed by atoms with E-state index in [4.69, 9.17) is 0 Å². The summed E-state index contributed by atoms with van der Waals surface area (Å²) in [7, 11) is 0. The Labute approximate surface area is 94.1 Å². The summed E-state index contributed by atoms with van der Waals surface area (Å²) in [6, 6.07) is 0. The van der Waals surface area contributed by atoms with Crippen LogP contribution in [0.1, 0.15) is 6.92 Å². The number of rotatable bonds is 3. The van der Waals surface area contributed by atoms with Crippen molar-refractivity contribution in [1.29, 1.82) is 0 Å². The Morgan fingerprint density at radius 1 is 1.64 bits per heavy atom. The maximum absolute atomic E-state index is 4.23. The van der Waals surface area contributed by atoms with Gasteiger partial charge in [-0.3, -0.25) is 4.68 Å². The van der Waals surface area contributed by atoms with Gasteiger partial charge in [-0.05, 0) is 22.9 Å². The minimum atomic E-state index is 0.855. The van der Waals surface area contributed by atoms with Crippen LogP contribution in [0.5, 0.6) is 0 Å². The summed E-state index contributed by atoms with van der Waals surface area (Å²) in [5.41, 5.74) is 0.966. The van der Waals surface area contributed by atoms with Crippen molar-refractivity contribution in [3.63, 3.8) is 0 Å². The molecule has 2 aromatic heterocycles. The van der Waals surface area contributed by atoms with Gasteiger partial charge in [0.25, 0.3) is 0 Å². The summed E-state index contributed by atoms with van der Waals surface area (Å²) < 4.78 is 2.72. The maximum Gasteiger partial charge on any atom is 0.188 e. The minimum absolute atomic E-state index is 0.855. The van der Waals surface area contributed by atoms with Crippen LogP contribution in [0.15, 0.2) is 22.4 Å². The van der Waals surface area contributed by atoms with Crippen LogP contribution in [-0.2, 0) is 6.54 Å². The van der Waals surface area contributed by atoms with E-state index < -0.39 is 0 Å². The fraction of sp³-hybridized carbons (Fsp3) is 0.250. The number of anilines is 2. The topological polar surface area (TPSA) is 42.7 Å². The first-order valence-corrected chi connectivity index (χ1v) is 5.85. The molecule has 0 saturated carbocycles. The van der Waals surface area contributed by atoms with Gasteiger partial charge >= 0.3 is 0 Å². The third kappa shape index (κ3) is 2.13. The van der Waals surface area contributed by atoms with Crippen molar-refractivity contribution in [2.24, 2.45) is 0 Å². The first kappa shape index (κ1) is 9.67. The smallest absolute Gasteiger partial charge is 0.188 e. The molecule has 0 aliphatic heterocycles. The Hall–Kier alpha value is -0.880. The van der Waals surface area contributed by atoms with Crippen LogP contribution in [-0.4, -0.2) is 14.8 Å². The second kappa shape index (κ2) is 4.10. The van der Waals surface area contributed by atoms with Crippen LogP contribution in [0, 0.1) is 0 Å². The molecule has 0 aliphatic rings. The molecule has 0 bridgehead atoms. The van der Waals surface area contributed by atoms with Crippen LogP contribution in [0.2, 0.25) is 0 Å². The van der Waals surface area contributed by atoms with Crippen LogP contribution in [0.4, 0.5) is 10.8 Å². The lowest BCUT2D eigenvalue weighted by Crippen LogP contribution is -1.92. The van der Waals surface area contributed by atoms with E-state index in [0.29, 0.717) is 0 Å². The molecule has 74 valence electrons. The summed E-state index contributed by atoms with van der Waals surface area (Å²) in [4.78, 5) is 4.23. The highest BCUT2D eigenvalue weighted by Gasteiger charge is 2.01. The lowest BCUT2D eigenvalue weighted by atomic mass is 10.6. The molecule has 4 nitrogen and oxygen atoms in total. The first-order chi connectivity index (χ1) is 6.78. The standard InChI is InChI=1S/C8H9BrN4S/c1-2-13-4-6(3-10-13)11-8-12-7(9)5-14-8/h3-5H,2H2,1H3,(H,11,12). The number of hydrogen-bond donors (Lipinski definition) is 1. The summed E-state index contributed by atoms with van der Waals surface area (Å²) in [5, 5.41) is 10.1. The number of aromatic nitrogens is 3. The Kier molecular flexibility index (Phi) is 2.83. The lowest BCUT2D eigenvalue weighted by molar-refractivity contribution is 0.660. The zero-order valence-electron chi connectivity index (χ0n) is 7.57. The zero-order chi connectivity index (χ0) is 9.97. The van der Waals surface area contributed by atoms with Gasteiger partial charge in [0.15, 0.2) is 5.13 Å². The summed E-state index contributed by atoms with van der Waals surface area (Å²) >= 11 is 4.86. The molecule has 14 heavy (non-hydrogen) atoms. The highest BCUT2D eigenvalue weighted by Crippen LogP contribution is 2.22. The molecule has 0 fully saturated rings. The van der Waals surface area contributed by atoms with Gasteiger partial charge < -0.3 is 5.32 Å². The second-order valence-electron chi connectivity index (χ2n) is 2.69. The zero-order valence-corrected chi connectivity index (χ0v) is 9.97. The van der Waals surface area contributed by atoms with Gasteiger partial charge in [-0.15, -0.1) is 11.3 Å². The van der Waals surface area contributed by atoms with Gasteiger partial charge in [-0.2, -0.15) is 5.10 Å². The number of aryl methyl sites for hydroxylation is 1.